The molecule has 1 aliphatic carbocycles. The zero-order valence-electron chi connectivity index (χ0n) is 10.9. The van der Waals surface area contributed by atoms with Crippen molar-refractivity contribution in [1.29, 1.82) is 0 Å². The molecule has 0 aromatic heterocycles. The normalized spacial score (nSPS) is 27.1. The number of nitrogens with zero attached hydrogens (tertiary/aromatic N) is 1. The van der Waals surface area contributed by atoms with Crippen molar-refractivity contribution in [2.45, 2.75) is 18.8 Å². The maximum Gasteiger partial charge on any atom is 0.235 e. The predicted molar refractivity (Wildman–Crippen MR) is 75.9 cm³/mol. The van der Waals surface area contributed by atoms with Crippen molar-refractivity contribution < 1.29 is 9.59 Å². The molecule has 3 rings (SSSR count). The molecule has 1 aromatic carbocycles. The maximum absolute atomic E-state index is 12.3. The number of carbonyl (C=O) groups is 2. The molecule has 2 unspecified atom stereocenters. The molecule has 1 aromatic rings. The molecule has 1 aliphatic heterocycles. The summed E-state index contributed by atoms with van der Waals surface area (Å²) in [5.41, 5.74) is 1.16. The van der Waals surface area contributed by atoms with Crippen molar-refractivity contribution in [3.63, 3.8) is 0 Å². The third-order valence-electron chi connectivity index (χ3n) is 4.23. The number of benzene rings is 1. The smallest absolute Gasteiger partial charge is 0.235 e. The first-order valence-corrected chi connectivity index (χ1v) is 7.16. The van der Waals surface area contributed by atoms with Crippen LogP contribution in [-0.2, 0) is 15.0 Å². The van der Waals surface area contributed by atoms with Crippen molar-refractivity contribution in [2.75, 3.05) is 18.9 Å². The van der Waals surface area contributed by atoms with Gasteiger partial charge < -0.3 is 10.2 Å². The van der Waals surface area contributed by atoms with Gasteiger partial charge in [-0.1, -0.05) is 15.9 Å². The SMILES string of the molecule is CCN(C)C(=O)C1CC12C(=O)Nc1ccc(Br)cc12. The van der Waals surface area contributed by atoms with Gasteiger partial charge in [-0.15, -0.1) is 0 Å². The van der Waals surface area contributed by atoms with Crippen molar-refractivity contribution in [3.05, 3.63) is 28.2 Å². The number of fused-ring (bicyclic) bond motifs is 2. The molecule has 0 radical (unpaired) electrons. The minimum Gasteiger partial charge on any atom is -0.346 e. The lowest BCUT2D eigenvalue weighted by Gasteiger charge is -2.16. The first-order valence-electron chi connectivity index (χ1n) is 6.37. The van der Waals surface area contributed by atoms with Crippen LogP contribution in [0.1, 0.15) is 18.9 Å². The lowest BCUT2D eigenvalue weighted by molar-refractivity contribution is -0.133. The molecule has 1 heterocycles. The van der Waals surface area contributed by atoms with E-state index in [-0.39, 0.29) is 17.7 Å². The highest BCUT2D eigenvalue weighted by Gasteiger charge is 2.68. The van der Waals surface area contributed by atoms with Crippen molar-refractivity contribution in [3.8, 4) is 0 Å². The topological polar surface area (TPSA) is 49.4 Å². The van der Waals surface area contributed by atoms with Crippen LogP contribution in [0.3, 0.4) is 0 Å². The molecule has 5 heteroatoms. The van der Waals surface area contributed by atoms with Gasteiger partial charge in [-0.2, -0.15) is 0 Å². The number of nitrogens with one attached hydrogen (secondary N) is 1. The van der Waals surface area contributed by atoms with E-state index in [1.54, 1.807) is 11.9 Å². The van der Waals surface area contributed by atoms with E-state index in [1.807, 2.05) is 25.1 Å². The van der Waals surface area contributed by atoms with Crippen LogP contribution in [0.15, 0.2) is 22.7 Å². The third kappa shape index (κ3) is 1.64. The summed E-state index contributed by atoms with van der Waals surface area (Å²) in [6, 6.07) is 5.73. The van der Waals surface area contributed by atoms with Crippen LogP contribution in [0.2, 0.25) is 0 Å². The summed E-state index contributed by atoms with van der Waals surface area (Å²) in [5, 5.41) is 2.89. The van der Waals surface area contributed by atoms with Crippen LogP contribution in [-0.4, -0.2) is 30.3 Å². The van der Waals surface area contributed by atoms with Gasteiger partial charge in [-0.25, -0.2) is 0 Å². The summed E-state index contributed by atoms with van der Waals surface area (Å²) in [6.07, 6.45) is 0.617. The summed E-state index contributed by atoms with van der Waals surface area (Å²) in [7, 11) is 1.78. The molecule has 1 spiro atoms. The van der Waals surface area contributed by atoms with E-state index in [9.17, 15) is 9.59 Å². The Morgan fingerprint density at radius 2 is 2.32 bits per heavy atom. The Hall–Kier alpha value is -1.36. The molecule has 1 N–H and O–H groups in total. The van der Waals surface area contributed by atoms with E-state index in [4.69, 9.17) is 0 Å². The number of hydrogen-bond acceptors (Lipinski definition) is 2. The summed E-state index contributed by atoms with van der Waals surface area (Å²) >= 11 is 3.43. The van der Waals surface area contributed by atoms with Crippen molar-refractivity contribution in [2.24, 2.45) is 5.92 Å². The van der Waals surface area contributed by atoms with Gasteiger partial charge in [-0.3, -0.25) is 9.59 Å². The summed E-state index contributed by atoms with van der Waals surface area (Å²) in [4.78, 5) is 26.2. The Balaban J connectivity index is 1.98. The van der Waals surface area contributed by atoms with Crippen LogP contribution in [0.25, 0.3) is 0 Å². The largest absolute Gasteiger partial charge is 0.346 e. The number of hydrogen-bond donors (Lipinski definition) is 1. The zero-order valence-corrected chi connectivity index (χ0v) is 12.5. The quantitative estimate of drug-likeness (QED) is 0.906. The molecule has 100 valence electrons. The van der Waals surface area contributed by atoms with Crippen LogP contribution >= 0.6 is 15.9 Å². The predicted octanol–water partition coefficient (Wildman–Crippen LogP) is 2.14. The average Bonchev–Trinajstić information content (AvgIpc) is 3.09. The maximum atomic E-state index is 12.3. The number of halogens is 1. The van der Waals surface area contributed by atoms with E-state index in [2.05, 4.69) is 21.2 Å². The number of amides is 2. The highest BCUT2D eigenvalue weighted by Crippen LogP contribution is 2.60. The van der Waals surface area contributed by atoms with E-state index in [0.717, 1.165) is 15.7 Å². The number of rotatable bonds is 2. The van der Waals surface area contributed by atoms with Crippen LogP contribution in [0, 0.1) is 5.92 Å². The first-order chi connectivity index (χ1) is 9.00. The first kappa shape index (κ1) is 12.7. The van der Waals surface area contributed by atoms with Gasteiger partial charge >= 0.3 is 0 Å². The van der Waals surface area contributed by atoms with E-state index >= 15 is 0 Å². The van der Waals surface area contributed by atoms with E-state index in [1.165, 1.54) is 0 Å². The number of anilines is 1. The molecule has 19 heavy (non-hydrogen) atoms. The highest BCUT2D eigenvalue weighted by atomic mass is 79.9. The molecule has 2 amide bonds. The van der Waals surface area contributed by atoms with Crippen LogP contribution in [0.4, 0.5) is 5.69 Å². The fraction of sp³-hybridized carbons (Fsp3) is 0.429. The molecule has 2 atom stereocenters. The summed E-state index contributed by atoms with van der Waals surface area (Å²) in [6.45, 7) is 2.60. The van der Waals surface area contributed by atoms with Crippen molar-refractivity contribution in [1.82, 2.24) is 4.90 Å². The second kappa shape index (κ2) is 4.07. The Morgan fingerprint density at radius 3 is 3.00 bits per heavy atom. The van der Waals surface area contributed by atoms with Gasteiger partial charge in [0.05, 0.1) is 11.3 Å². The Kier molecular flexibility index (Phi) is 2.71. The van der Waals surface area contributed by atoms with Crippen LogP contribution in [0.5, 0.6) is 0 Å². The fourth-order valence-corrected chi connectivity index (χ4v) is 3.24. The fourth-order valence-electron chi connectivity index (χ4n) is 2.88. The molecular weight excluding hydrogens is 308 g/mol. The lowest BCUT2D eigenvalue weighted by Crippen LogP contribution is -2.33. The van der Waals surface area contributed by atoms with Gasteiger partial charge in [0.2, 0.25) is 11.8 Å². The molecule has 1 saturated carbocycles. The summed E-state index contributed by atoms with van der Waals surface area (Å²) in [5.74, 6) is -0.193. The lowest BCUT2D eigenvalue weighted by atomic mass is 9.94. The van der Waals surface area contributed by atoms with Crippen molar-refractivity contribution >= 4 is 33.4 Å². The number of carbonyl (C=O) groups excluding carboxylic acids is 2. The molecule has 4 nitrogen and oxygen atoms in total. The molecule has 0 bridgehead atoms. The van der Waals surface area contributed by atoms with E-state index in [0.29, 0.717) is 13.0 Å². The average molecular weight is 323 g/mol. The zero-order chi connectivity index (χ0) is 13.8. The molecule has 2 aliphatic rings. The minimum absolute atomic E-state index is 0.0385. The summed E-state index contributed by atoms with van der Waals surface area (Å²) < 4.78 is 0.934. The second-order valence-electron chi connectivity index (χ2n) is 5.22. The van der Waals surface area contributed by atoms with Gasteiger partial charge in [0.1, 0.15) is 0 Å². The highest BCUT2D eigenvalue weighted by molar-refractivity contribution is 9.10. The second-order valence-corrected chi connectivity index (χ2v) is 6.14. The minimum atomic E-state index is -0.625. The van der Waals surface area contributed by atoms with Crippen LogP contribution < -0.4 is 5.32 Å². The Morgan fingerprint density at radius 1 is 1.58 bits per heavy atom. The molecule has 0 saturated heterocycles. The van der Waals surface area contributed by atoms with Gasteiger partial charge in [0.25, 0.3) is 0 Å². The molecule has 1 fully saturated rings. The Labute approximate surface area is 120 Å². The van der Waals surface area contributed by atoms with Gasteiger partial charge in [0, 0.05) is 23.8 Å². The van der Waals surface area contributed by atoms with Gasteiger partial charge in [-0.05, 0) is 37.1 Å². The monoisotopic (exact) mass is 322 g/mol. The van der Waals surface area contributed by atoms with E-state index < -0.39 is 5.41 Å². The van der Waals surface area contributed by atoms with Gasteiger partial charge in [0.15, 0.2) is 0 Å². The third-order valence-corrected chi connectivity index (χ3v) is 4.72. The standard InChI is InChI=1S/C14H15BrN2O2/c1-3-17(2)12(18)10-7-14(10)9-6-8(15)4-5-11(9)16-13(14)19/h4-6,10H,3,7H2,1-2H3,(H,16,19). The Bertz CT molecular complexity index is 587. The molecular formula is C14H15BrN2O2.